The van der Waals surface area contributed by atoms with Crippen LogP contribution in [0.5, 0.6) is 6.01 Å². The van der Waals surface area contributed by atoms with E-state index >= 15 is 0 Å². The number of amides is 1. The summed E-state index contributed by atoms with van der Waals surface area (Å²) < 4.78 is 7.83. The lowest BCUT2D eigenvalue weighted by Gasteiger charge is -2.37. The number of ether oxygens (including phenoxy) is 1. The highest BCUT2D eigenvalue weighted by molar-refractivity contribution is 6.30. The van der Waals surface area contributed by atoms with Gasteiger partial charge in [0.05, 0.1) is 5.60 Å². The fourth-order valence-electron chi connectivity index (χ4n) is 4.72. The summed E-state index contributed by atoms with van der Waals surface area (Å²) in [5.41, 5.74) is 6.71. The number of carbonyl (C=O) groups is 1. The van der Waals surface area contributed by atoms with Crippen molar-refractivity contribution >= 4 is 40.3 Å². The van der Waals surface area contributed by atoms with E-state index < -0.39 is 11.0 Å². The van der Waals surface area contributed by atoms with Crippen LogP contribution < -0.4 is 20.3 Å². The lowest BCUT2D eigenvalue weighted by atomic mass is 9.80. The molecular weight excluding hydrogens is 544 g/mol. The van der Waals surface area contributed by atoms with Crippen molar-refractivity contribution in [3.05, 3.63) is 47.6 Å². The molecule has 41 heavy (non-hydrogen) atoms. The third-order valence-electron chi connectivity index (χ3n) is 7.33. The summed E-state index contributed by atoms with van der Waals surface area (Å²) in [6.07, 6.45) is 2.93. The lowest BCUT2D eigenvalue weighted by molar-refractivity contribution is -0.127. The Balaban J connectivity index is 1.71. The minimum atomic E-state index is -1.09. The largest absolute Gasteiger partial charge is 0.460 e. The standard InChI is InChI=1S/C29H35ClN8O3/c1-28(2,40)17-41-27-34-24(37-14-12-29(3,13-15-37)26(31)39)22-25(35-27)38(20-9-7-19(30)8-10-20)23(33-22)18-6-11-21(32-16-18)36(4)5/h6-11,16,40H,12-15,17H2,1-5H3,(H2,31,39). The van der Waals surface area contributed by atoms with Gasteiger partial charge in [-0.25, -0.2) is 9.97 Å². The number of piperidine rings is 1. The van der Waals surface area contributed by atoms with E-state index in [0.29, 0.717) is 53.8 Å². The van der Waals surface area contributed by atoms with E-state index in [1.807, 2.05) is 66.9 Å². The zero-order valence-corrected chi connectivity index (χ0v) is 24.7. The van der Waals surface area contributed by atoms with Crippen LogP contribution in [0.1, 0.15) is 33.6 Å². The van der Waals surface area contributed by atoms with Crippen LogP contribution >= 0.6 is 11.6 Å². The van der Waals surface area contributed by atoms with E-state index in [-0.39, 0.29) is 18.5 Å². The topological polar surface area (TPSA) is 136 Å². The number of pyridine rings is 1. The van der Waals surface area contributed by atoms with E-state index in [1.54, 1.807) is 20.0 Å². The van der Waals surface area contributed by atoms with Gasteiger partial charge < -0.3 is 25.4 Å². The second-order valence-corrected chi connectivity index (χ2v) is 12.0. The summed E-state index contributed by atoms with van der Waals surface area (Å²) >= 11 is 6.23. The molecule has 12 heteroatoms. The SMILES string of the molecule is CN(C)c1ccc(-c2nc3c(N4CCC(C)(C(N)=O)CC4)nc(OCC(C)(C)O)nc3n2-c2ccc(Cl)cc2)cn1. The molecule has 11 nitrogen and oxygen atoms in total. The number of anilines is 2. The Bertz CT molecular complexity index is 1550. The van der Waals surface area contributed by atoms with Crippen LogP contribution in [0.25, 0.3) is 28.2 Å². The number of fused-ring (bicyclic) bond motifs is 1. The van der Waals surface area contributed by atoms with Gasteiger partial charge in [-0.1, -0.05) is 18.5 Å². The van der Waals surface area contributed by atoms with Crippen molar-refractivity contribution in [1.82, 2.24) is 24.5 Å². The van der Waals surface area contributed by atoms with Gasteiger partial charge in [-0.3, -0.25) is 9.36 Å². The normalized spacial score (nSPS) is 15.2. The number of imidazole rings is 1. The second-order valence-electron chi connectivity index (χ2n) is 11.6. The van der Waals surface area contributed by atoms with Crippen molar-refractivity contribution in [3.63, 3.8) is 0 Å². The maximum absolute atomic E-state index is 12.1. The van der Waals surface area contributed by atoms with Crippen molar-refractivity contribution in [2.45, 2.75) is 39.2 Å². The average molecular weight is 579 g/mol. The molecule has 1 aromatic carbocycles. The van der Waals surface area contributed by atoms with Crippen molar-refractivity contribution in [1.29, 1.82) is 0 Å². The Morgan fingerprint density at radius 1 is 1.12 bits per heavy atom. The summed E-state index contributed by atoms with van der Waals surface area (Å²) in [6, 6.07) is 11.4. The van der Waals surface area contributed by atoms with Crippen LogP contribution in [-0.2, 0) is 4.79 Å². The molecule has 1 saturated heterocycles. The summed E-state index contributed by atoms with van der Waals surface area (Å²) in [7, 11) is 3.87. The Morgan fingerprint density at radius 3 is 2.37 bits per heavy atom. The molecule has 4 heterocycles. The number of rotatable bonds is 8. The van der Waals surface area contributed by atoms with Crippen LogP contribution in [0.3, 0.4) is 0 Å². The molecule has 1 aliphatic rings. The molecule has 1 aliphatic heterocycles. The van der Waals surface area contributed by atoms with Gasteiger partial charge >= 0.3 is 6.01 Å². The molecule has 5 rings (SSSR count). The van der Waals surface area contributed by atoms with Gasteiger partial charge in [-0.2, -0.15) is 9.97 Å². The second kappa shape index (κ2) is 10.8. The third-order valence-corrected chi connectivity index (χ3v) is 7.58. The Labute approximate surface area is 243 Å². The van der Waals surface area contributed by atoms with Crippen LogP contribution in [0, 0.1) is 5.41 Å². The van der Waals surface area contributed by atoms with Crippen molar-refractivity contribution in [2.75, 3.05) is 43.6 Å². The minimum Gasteiger partial charge on any atom is -0.460 e. The summed E-state index contributed by atoms with van der Waals surface area (Å²) in [5, 5.41) is 10.9. The molecule has 216 valence electrons. The van der Waals surface area contributed by atoms with Gasteiger partial charge in [0.1, 0.15) is 18.2 Å². The first-order valence-corrected chi connectivity index (χ1v) is 13.8. The minimum absolute atomic E-state index is 0.00441. The number of nitrogens with zero attached hydrogens (tertiary/aromatic N) is 7. The highest BCUT2D eigenvalue weighted by Crippen LogP contribution is 2.37. The smallest absolute Gasteiger partial charge is 0.320 e. The lowest BCUT2D eigenvalue weighted by Crippen LogP contribution is -2.45. The molecule has 0 radical (unpaired) electrons. The van der Waals surface area contributed by atoms with E-state index in [4.69, 9.17) is 37.0 Å². The van der Waals surface area contributed by atoms with Crippen LogP contribution in [0.4, 0.5) is 11.6 Å². The quantitative estimate of drug-likeness (QED) is 0.319. The number of primary amides is 1. The van der Waals surface area contributed by atoms with Crippen molar-refractivity contribution in [3.8, 4) is 23.1 Å². The van der Waals surface area contributed by atoms with E-state index in [0.717, 1.165) is 17.1 Å². The summed E-state index contributed by atoms with van der Waals surface area (Å²) in [5.74, 6) is 1.71. The highest BCUT2D eigenvalue weighted by Gasteiger charge is 2.37. The molecule has 0 unspecified atom stereocenters. The maximum Gasteiger partial charge on any atom is 0.320 e. The fraction of sp³-hybridized carbons (Fsp3) is 0.414. The van der Waals surface area contributed by atoms with Crippen molar-refractivity contribution in [2.24, 2.45) is 11.1 Å². The number of hydrogen-bond acceptors (Lipinski definition) is 9. The number of benzene rings is 1. The Kier molecular flexibility index (Phi) is 7.52. The van der Waals surface area contributed by atoms with Crippen LogP contribution in [0.2, 0.25) is 5.02 Å². The molecule has 0 aliphatic carbocycles. The number of nitrogens with two attached hydrogens (primary N) is 1. The summed E-state index contributed by atoms with van der Waals surface area (Å²) in [4.78, 5) is 35.3. The van der Waals surface area contributed by atoms with Gasteiger partial charge in [-0.05, 0) is 63.1 Å². The molecule has 0 bridgehead atoms. The monoisotopic (exact) mass is 578 g/mol. The number of carbonyl (C=O) groups excluding carboxylic acids is 1. The third kappa shape index (κ3) is 5.91. The van der Waals surface area contributed by atoms with Gasteiger partial charge in [0.15, 0.2) is 17.0 Å². The summed E-state index contributed by atoms with van der Waals surface area (Å²) in [6.45, 7) is 6.31. The molecule has 0 atom stereocenters. The van der Waals surface area contributed by atoms with Gasteiger partial charge in [0.25, 0.3) is 0 Å². The molecule has 3 N–H and O–H groups in total. The number of aliphatic hydroxyl groups is 1. The van der Waals surface area contributed by atoms with Gasteiger partial charge in [0, 0.05) is 55.1 Å². The molecule has 0 spiro atoms. The van der Waals surface area contributed by atoms with E-state index in [2.05, 4.69) is 9.88 Å². The van der Waals surface area contributed by atoms with Gasteiger partial charge in [0.2, 0.25) is 5.91 Å². The number of hydrogen-bond donors (Lipinski definition) is 2. The fourth-order valence-corrected chi connectivity index (χ4v) is 4.85. The predicted octanol–water partition coefficient (Wildman–Crippen LogP) is 3.84. The first-order chi connectivity index (χ1) is 19.3. The first kappa shape index (κ1) is 28.6. The van der Waals surface area contributed by atoms with Crippen LogP contribution in [0.15, 0.2) is 42.6 Å². The van der Waals surface area contributed by atoms with Crippen LogP contribution in [-0.4, -0.2) is 74.9 Å². The van der Waals surface area contributed by atoms with E-state index in [1.165, 1.54) is 0 Å². The zero-order chi connectivity index (χ0) is 29.5. The first-order valence-electron chi connectivity index (χ1n) is 13.4. The molecule has 1 fully saturated rings. The Hall–Kier alpha value is -3.96. The van der Waals surface area contributed by atoms with Crippen molar-refractivity contribution < 1.29 is 14.6 Å². The Morgan fingerprint density at radius 2 is 1.80 bits per heavy atom. The molecule has 1 amide bonds. The zero-order valence-electron chi connectivity index (χ0n) is 23.9. The molecule has 0 saturated carbocycles. The average Bonchev–Trinajstić information content (AvgIpc) is 3.31. The molecule has 4 aromatic rings. The highest BCUT2D eigenvalue weighted by atomic mass is 35.5. The van der Waals surface area contributed by atoms with E-state index in [9.17, 15) is 9.90 Å². The molecular formula is C29H35ClN8O3. The maximum atomic E-state index is 12.1. The number of aromatic nitrogens is 5. The van der Waals surface area contributed by atoms with Gasteiger partial charge in [-0.15, -0.1) is 0 Å². The molecule has 3 aromatic heterocycles. The number of halogens is 1. The predicted molar refractivity (Wildman–Crippen MR) is 160 cm³/mol.